The van der Waals surface area contributed by atoms with Gasteiger partial charge in [-0.05, 0) is 24.6 Å². The van der Waals surface area contributed by atoms with Crippen molar-refractivity contribution in [2.75, 3.05) is 32.2 Å². The third-order valence-electron chi connectivity index (χ3n) is 2.95. The summed E-state index contributed by atoms with van der Waals surface area (Å²) in [5.41, 5.74) is 1.31. The van der Waals surface area contributed by atoms with Crippen LogP contribution in [0.1, 0.15) is 12.0 Å². The van der Waals surface area contributed by atoms with E-state index in [-0.39, 0.29) is 6.10 Å². The van der Waals surface area contributed by atoms with Crippen LogP contribution in [-0.4, -0.2) is 38.3 Å². The fourth-order valence-corrected chi connectivity index (χ4v) is 2.20. The molecule has 100 valence electrons. The number of alkyl halides is 1. The fourth-order valence-electron chi connectivity index (χ4n) is 2.09. The van der Waals surface area contributed by atoms with Crippen LogP contribution in [0.15, 0.2) is 24.3 Å². The minimum Gasteiger partial charge on any atom is -0.488 e. The van der Waals surface area contributed by atoms with Crippen molar-refractivity contribution in [2.45, 2.75) is 18.9 Å². The molecular formula is C14H20ClNO2. The predicted molar refractivity (Wildman–Crippen MR) is 73.6 cm³/mol. The Kier molecular flexibility index (Phi) is 5.78. The number of hydrogen-bond acceptors (Lipinski definition) is 3. The number of rotatable bonds is 8. The number of fused-ring (bicyclic) bond motifs is 1. The van der Waals surface area contributed by atoms with Crippen molar-refractivity contribution >= 4 is 11.6 Å². The summed E-state index contributed by atoms with van der Waals surface area (Å²) in [5.74, 6) is 1.61. The Bertz CT molecular complexity index is 334. The van der Waals surface area contributed by atoms with Crippen molar-refractivity contribution in [2.24, 2.45) is 0 Å². The second-order valence-electron chi connectivity index (χ2n) is 4.41. The molecule has 2 rings (SSSR count). The first-order valence-corrected chi connectivity index (χ1v) is 7.02. The average molecular weight is 270 g/mol. The highest BCUT2D eigenvalue weighted by Gasteiger charge is 2.21. The van der Waals surface area contributed by atoms with Crippen LogP contribution in [0, 0.1) is 0 Å². The standard InChI is InChI=1S/C14H20ClNO2/c15-6-9-17-8-3-7-16-11-13-10-12-4-1-2-5-14(12)18-13/h1-2,4-5,13,16H,3,6-11H2. The Labute approximate surface area is 113 Å². The van der Waals surface area contributed by atoms with E-state index >= 15 is 0 Å². The van der Waals surface area contributed by atoms with Crippen molar-refractivity contribution in [3.8, 4) is 5.75 Å². The molecule has 1 aliphatic rings. The lowest BCUT2D eigenvalue weighted by molar-refractivity contribution is 0.145. The smallest absolute Gasteiger partial charge is 0.123 e. The number of para-hydroxylation sites is 1. The Morgan fingerprint density at radius 1 is 1.33 bits per heavy atom. The molecule has 0 fully saturated rings. The van der Waals surface area contributed by atoms with Crippen LogP contribution >= 0.6 is 11.6 Å². The Hall–Kier alpha value is -0.770. The number of benzene rings is 1. The van der Waals surface area contributed by atoms with E-state index in [1.54, 1.807) is 0 Å². The van der Waals surface area contributed by atoms with Gasteiger partial charge >= 0.3 is 0 Å². The molecule has 0 spiro atoms. The Balaban J connectivity index is 1.54. The van der Waals surface area contributed by atoms with Crippen molar-refractivity contribution in [1.29, 1.82) is 0 Å². The quantitative estimate of drug-likeness (QED) is 0.580. The molecule has 0 radical (unpaired) electrons. The van der Waals surface area contributed by atoms with Crippen LogP contribution in [-0.2, 0) is 11.2 Å². The molecule has 1 unspecified atom stereocenters. The molecular weight excluding hydrogens is 250 g/mol. The minimum absolute atomic E-state index is 0.270. The highest BCUT2D eigenvalue weighted by atomic mass is 35.5. The molecule has 0 aliphatic carbocycles. The van der Waals surface area contributed by atoms with Crippen LogP contribution in [0.3, 0.4) is 0 Å². The molecule has 1 aromatic rings. The third-order valence-corrected chi connectivity index (χ3v) is 3.10. The summed E-state index contributed by atoms with van der Waals surface area (Å²) in [5, 5.41) is 3.40. The summed E-state index contributed by atoms with van der Waals surface area (Å²) in [6, 6.07) is 8.25. The van der Waals surface area contributed by atoms with E-state index in [4.69, 9.17) is 21.1 Å². The van der Waals surface area contributed by atoms with Crippen molar-refractivity contribution in [1.82, 2.24) is 5.32 Å². The first-order valence-electron chi connectivity index (χ1n) is 6.49. The number of hydrogen-bond donors (Lipinski definition) is 1. The summed E-state index contributed by atoms with van der Waals surface area (Å²) in [6.07, 6.45) is 2.29. The molecule has 1 atom stereocenters. The van der Waals surface area contributed by atoms with Gasteiger partial charge in [-0.25, -0.2) is 0 Å². The summed E-state index contributed by atoms with van der Waals surface area (Å²) < 4.78 is 11.1. The van der Waals surface area contributed by atoms with Crippen LogP contribution in [0.4, 0.5) is 0 Å². The van der Waals surface area contributed by atoms with Crippen LogP contribution in [0.5, 0.6) is 5.75 Å². The van der Waals surface area contributed by atoms with Crippen LogP contribution in [0.2, 0.25) is 0 Å². The van der Waals surface area contributed by atoms with Gasteiger partial charge in [0.25, 0.3) is 0 Å². The molecule has 4 heteroatoms. The van der Waals surface area contributed by atoms with Gasteiger partial charge in [0, 0.05) is 25.5 Å². The zero-order chi connectivity index (χ0) is 12.6. The highest BCUT2D eigenvalue weighted by molar-refractivity contribution is 6.17. The van der Waals surface area contributed by atoms with Gasteiger partial charge in [0.05, 0.1) is 6.61 Å². The summed E-state index contributed by atoms with van der Waals surface area (Å²) >= 11 is 5.51. The van der Waals surface area contributed by atoms with Gasteiger partial charge < -0.3 is 14.8 Å². The number of nitrogens with one attached hydrogen (secondary N) is 1. The number of halogens is 1. The maximum Gasteiger partial charge on any atom is 0.123 e. The lowest BCUT2D eigenvalue weighted by Gasteiger charge is -2.11. The van der Waals surface area contributed by atoms with Gasteiger partial charge in [0.2, 0.25) is 0 Å². The van der Waals surface area contributed by atoms with Gasteiger partial charge in [-0.1, -0.05) is 18.2 Å². The fraction of sp³-hybridized carbons (Fsp3) is 0.571. The molecule has 1 aromatic carbocycles. The molecule has 1 aliphatic heterocycles. The second kappa shape index (κ2) is 7.62. The van der Waals surface area contributed by atoms with Crippen molar-refractivity contribution in [3.63, 3.8) is 0 Å². The van der Waals surface area contributed by atoms with Crippen LogP contribution in [0.25, 0.3) is 0 Å². The Morgan fingerprint density at radius 2 is 2.22 bits per heavy atom. The lowest BCUT2D eigenvalue weighted by Crippen LogP contribution is -2.31. The Morgan fingerprint density at radius 3 is 3.06 bits per heavy atom. The van der Waals surface area contributed by atoms with Crippen molar-refractivity contribution in [3.05, 3.63) is 29.8 Å². The van der Waals surface area contributed by atoms with E-state index in [1.807, 2.05) is 12.1 Å². The highest BCUT2D eigenvalue weighted by Crippen LogP contribution is 2.27. The zero-order valence-corrected chi connectivity index (χ0v) is 11.3. The van der Waals surface area contributed by atoms with E-state index in [9.17, 15) is 0 Å². The maximum atomic E-state index is 5.84. The molecule has 1 N–H and O–H groups in total. The number of ether oxygens (including phenoxy) is 2. The third kappa shape index (κ3) is 4.16. The van der Waals surface area contributed by atoms with E-state index in [0.29, 0.717) is 12.5 Å². The van der Waals surface area contributed by atoms with Crippen molar-refractivity contribution < 1.29 is 9.47 Å². The monoisotopic (exact) mass is 269 g/mol. The SMILES string of the molecule is ClCCOCCCNCC1Cc2ccccc2O1. The molecule has 0 bridgehead atoms. The topological polar surface area (TPSA) is 30.5 Å². The lowest BCUT2D eigenvalue weighted by atomic mass is 10.1. The molecule has 1 heterocycles. The summed E-state index contributed by atoms with van der Waals surface area (Å²) in [6.45, 7) is 3.26. The second-order valence-corrected chi connectivity index (χ2v) is 4.79. The average Bonchev–Trinajstić information content (AvgIpc) is 2.80. The van der Waals surface area contributed by atoms with Gasteiger partial charge in [0.15, 0.2) is 0 Å². The van der Waals surface area contributed by atoms with Gasteiger partial charge in [-0.2, -0.15) is 0 Å². The zero-order valence-electron chi connectivity index (χ0n) is 10.5. The van der Waals surface area contributed by atoms with E-state index in [2.05, 4.69) is 17.4 Å². The van der Waals surface area contributed by atoms with Gasteiger partial charge in [0.1, 0.15) is 11.9 Å². The minimum atomic E-state index is 0.270. The first-order chi connectivity index (χ1) is 8.90. The first kappa shape index (κ1) is 13.7. The van der Waals surface area contributed by atoms with E-state index < -0.39 is 0 Å². The predicted octanol–water partition coefficient (Wildman–Crippen LogP) is 2.23. The molecule has 3 nitrogen and oxygen atoms in total. The largest absolute Gasteiger partial charge is 0.488 e. The summed E-state index contributed by atoms with van der Waals surface area (Å²) in [4.78, 5) is 0. The maximum absolute atomic E-state index is 5.84. The van der Waals surface area contributed by atoms with E-state index in [1.165, 1.54) is 5.56 Å². The summed E-state index contributed by atoms with van der Waals surface area (Å²) in [7, 11) is 0. The molecule has 0 aromatic heterocycles. The van der Waals surface area contributed by atoms with E-state index in [0.717, 1.165) is 38.3 Å². The van der Waals surface area contributed by atoms with Gasteiger partial charge in [-0.15, -0.1) is 11.6 Å². The normalized spacial score (nSPS) is 17.5. The molecule has 0 amide bonds. The molecule has 0 saturated carbocycles. The molecule has 18 heavy (non-hydrogen) atoms. The molecule has 0 saturated heterocycles. The van der Waals surface area contributed by atoms with Gasteiger partial charge in [-0.3, -0.25) is 0 Å². The van der Waals surface area contributed by atoms with Crippen LogP contribution < -0.4 is 10.1 Å².